The fourth-order valence-electron chi connectivity index (χ4n) is 1.31. The first-order valence-electron chi connectivity index (χ1n) is 3.80. The van der Waals surface area contributed by atoms with Gasteiger partial charge in [-0.1, -0.05) is 6.07 Å². The lowest BCUT2D eigenvalue weighted by molar-refractivity contribution is 0.280. The van der Waals surface area contributed by atoms with E-state index in [2.05, 4.69) is 6.07 Å². The minimum atomic E-state index is -0.0605. The summed E-state index contributed by atoms with van der Waals surface area (Å²) in [6, 6.07) is 5.82. The summed E-state index contributed by atoms with van der Waals surface area (Å²) in [6.07, 6.45) is 0. The summed E-state index contributed by atoms with van der Waals surface area (Å²) in [4.78, 5) is 0. The highest BCUT2D eigenvalue weighted by atomic mass is 16.3. The third-order valence-corrected chi connectivity index (χ3v) is 1.90. The van der Waals surface area contributed by atoms with Crippen LogP contribution >= 0.6 is 0 Å². The Morgan fingerprint density at radius 2 is 2.08 bits per heavy atom. The summed E-state index contributed by atoms with van der Waals surface area (Å²) in [5.41, 5.74) is 3.36. The van der Waals surface area contributed by atoms with Crippen LogP contribution in [0.4, 0.5) is 0 Å². The Kier molecular flexibility index (Phi) is 2.47. The molecule has 2 nitrogen and oxygen atoms in total. The van der Waals surface area contributed by atoms with Gasteiger partial charge in [0.15, 0.2) is 0 Å². The summed E-state index contributed by atoms with van der Waals surface area (Å²) in [5.74, 6) is 0. The van der Waals surface area contributed by atoms with Crippen molar-refractivity contribution >= 4 is 0 Å². The molecule has 1 rings (SSSR count). The van der Waals surface area contributed by atoms with Gasteiger partial charge in [0.05, 0.1) is 18.2 Å². The second kappa shape index (κ2) is 3.38. The standard InChI is InChI=1S/C10H11NO/c1-7-3-8(2)10(6-12)9(4-7)5-11/h3-4,12H,6H2,1-2H3. The fraction of sp³-hybridized carbons (Fsp3) is 0.300. The number of benzene rings is 1. The maximum Gasteiger partial charge on any atom is 0.0995 e. The molecule has 0 saturated heterocycles. The highest BCUT2D eigenvalue weighted by Gasteiger charge is 2.04. The van der Waals surface area contributed by atoms with Crippen molar-refractivity contribution in [3.8, 4) is 6.07 Å². The maximum absolute atomic E-state index is 8.97. The minimum Gasteiger partial charge on any atom is -0.392 e. The van der Waals surface area contributed by atoms with Crippen molar-refractivity contribution in [1.29, 1.82) is 5.26 Å². The highest BCUT2D eigenvalue weighted by Crippen LogP contribution is 2.15. The second-order valence-corrected chi connectivity index (χ2v) is 2.88. The molecule has 0 heterocycles. The van der Waals surface area contributed by atoms with Crippen LogP contribution in [0.15, 0.2) is 12.1 Å². The zero-order chi connectivity index (χ0) is 9.14. The molecule has 0 spiro atoms. The van der Waals surface area contributed by atoms with Crippen molar-refractivity contribution in [3.63, 3.8) is 0 Å². The first-order chi connectivity index (χ1) is 5.69. The van der Waals surface area contributed by atoms with E-state index < -0.39 is 0 Å². The molecule has 12 heavy (non-hydrogen) atoms. The topological polar surface area (TPSA) is 44.0 Å². The van der Waals surface area contributed by atoms with Crippen LogP contribution in [0, 0.1) is 25.2 Å². The summed E-state index contributed by atoms with van der Waals surface area (Å²) >= 11 is 0. The number of aryl methyl sites for hydroxylation is 2. The molecule has 0 atom stereocenters. The maximum atomic E-state index is 8.97. The van der Waals surface area contributed by atoms with Crippen LogP contribution in [-0.2, 0) is 6.61 Å². The predicted molar refractivity (Wildman–Crippen MR) is 46.6 cm³/mol. The number of aliphatic hydroxyl groups is 1. The monoisotopic (exact) mass is 161 g/mol. The van der Waals surface area contributed by atoms with Crippen molar-refractivity contribution in [1.82, 2.24) is 0 Å². The van der Waals surface area contributed by atoms with E-state index in [0.29, 0.717) is 5.56 Å². The van der Waals surface area contributed by atoms with Crippen LogP contribution < -0.4 is 0 Å². The first-order valence-corrected chi connectivity index (χ1v) is 3.80. The van der Waals surface area contributed by atoms with Gasteiger partial charge >= 0.3 is 0 Å². The Labute approximate surface area is 72.1 Å². The van der Waals surface area contributed by atoms with Crippen molar-refractivity contribution in [2.24, 2.45) is 0 Å². The molecule has 2 heteroatoms. The van der Waals surface area contributed by atoms with Crippen LogP contribution in [0.1, 0.15) is 22.3 Å². The van der Waals surface area contributed by atoms with E-state index in [1.807, 2.05) is 19.9 Å². The fourth-order valence-corrected chi connectivity index (χ4v) is 1.31. The molecule has 0 aliphatic heterocycles. The lowest BCUT2D eigenvalue weighted by atomic mass is 10.0. The van der Waals surface area contributed by atoms with Gasteiger partial charge in [-0.3, -0.25) is 0 Å². The Morgan fingerprint density at radius 3 is 2.58 bits per heavy atom. The molecule has 0 fully saturated rings. The Bertz CT molecular complexity index is 336. The van der Waals surface area contributed by atoms with Gasteiger partial charge in [0.25, 0.3) is 0 Å². The molecule has 0 saturated carbocycles. The quantitative estimate of drug-likeness (QED) is 0.680. The molecule has 0 aliphatic carbocycles. The number of nitriles is 1. The molecule has 0 aromatic heterocycles. The summed E-state index contributed by atoms with van der Waals surface area (Å²) in [6.45, 7) is 3.78. The zero-order valence-electron chi connectivity index (χ0n) is 7.26. The van der Waals surface area contributed by atoms with E-state index in [1.54, 1.807) is 6.07 Å². The highest BCUT2D eigenvalue weighted by molar-refractivity contribution is 5.44. The third kappa shape index (κ3) is 1.46. The Morgan fingerprint density at radius 1 is 1.42 bits per heavy atom. The smallest absolute Gasteiger partial charge is 0.0995 e. The van der Waals surface area contributed by atoms with Gasteiger partial charge < -0.3 is 5.11 Å². The van der Waals surface area contributed by atoms with Gasteiger partial charge in [-0.25, -0.2) is 0 Å². The van der Waals surface area contributed by atoms with E-state index in [4.69, 9.17) is 10.4 Å². The van der Waals surface area contributed by atoms with E-state index in [1.165, 1.54) is 0 Å². The largest absolute Gasteiger partial charge is 0.392 e. The van der Waals surface area contributed by atoms with Crippen LogP contribution in [0.5, 0.6) is 0 Å². The molecule has 1 aromatic rings. The lowest BCUT2D eigenvalue weighted by Gasteiger charge is -2.05. The molecule has 0 radical (unpaired) electrons. The van der Waals surface area contributed by atoms with Gasteiger partial charge in [0, 0.05) is 0 Å². The molecule has 0 unspecified atom stereocenters. The summed E-state index contributed by atoms with van der Waals surface area (Å²) < 4.78 is 0. The van der Waals surface area contributed by atoms with E-state index in [0.717, 1.165) is 16.7 Å². The SMILES string of the molecule is Cc1cc(C)c(CO)c(C#N)c1. The lowest BCUT2D eigenvalue weighted by Crippen LogP contribution is -1.94. The minimum absolute atomic E-state index is 0.0605. The molecule has 0 bridgehead atoms. The first kappa shape index (κ1) is 8.76. The average molecular weight is 161 g/mol. The van der Waals surface area contributed by atoms with Crippen LogP contribution in [0.2, 0.25) is 0 Å². The number of nitrogens with zero attached hydrogens (tertiary/aromatic N) is 1. The third-order valence-electron chi connectivity index (χ3n) is 1.90. The number of hydrogen-bond acceptors (Lipinski definition) is 2. The van der Waals surface area contributed by atoms with Crippen LogP contribution in [0.3, 0.4) is 0 Å². The average Bonchev–Trinajstić information content (AvgIpc) is 2.03. The second-order valence-electron chi connectivity index (χ2n) is 2.88. The van der Waals surface area contributed by atoms with E-state index >= 15 is 0 Å². The Hall–Kier alpha value is -1.33. The van der Waals surface area contributed by atoms with Crippen molar-refractivity contribution in [2.45, 2.75) is 20.5 Å². The molecule has 62 valence electrons. The summed E-state index contributed by atoms with van der Waals surface area (Å²) in [5, 5.41) is 17.7. The normalized spacial score (nSPS) is 9.50. The van der Waals surface area contributed by atoms with Gasteiger partial charge in [-0.15, -0.1) is 0 Å². The number of hydrogen-bond donors (Lipinski definition) is 1. The van der Waals surface area contributed by atoms with Gasteiger partial charge in [0.2, 0.25) is 0 Å². The molecular formula is C10H11NO. The van der Waals surface area contributed by atoms with Crippen molar-refractivity contribution in [3.05, 3.63) is 34.4 Å². The molecule has 0 amide bonds. The van der Waals surface area contributed by atoms with Crippen molar-refractivity contribution < 1.29 is 5.11 Å². The van der Waals surface area contributed by atoms with E-state index in [-0.39, 0.29) is 6.61 Å². The number of rotatable bonds is 1. The molecule has 1 aromatic carbocycles. The van der Waals surface area contributed by atoms with Gasteiger partial charge in [-0.2, -0.15) is 5.26 Å². The van der Waals surface area contributed by atoms with E-state index in [9.17, 15) is 0 Å². The molecule has 1 N–H and O–H groups in total. The van der Waals surface area contributed by atoms with Crippen LogP contribution in [0.25, 0.3) is 0 Å². The zero-order valence-corrected chi connectivity index (χ0v) is 7.26. The van der Waals surface area contributed by atoms with Crippen molar-refractivity contribution in [2.75, 3.05) is 0 Å². The number of aliphatic hydroxyl groups excluding tert-OH is 1. The predicted octanol–water partition coefficient (Wildman–Crippen LogP) is 1.67. The Balaban J connectivity index is 3.36. The molecule has 0 aliphatic rings. The summed E-state index contributed by atoms with van der Waals surface area (Å²) in [7, 11) is 0. The molecular weight excluding hydrogens is 150 g/mol. The van der Waals surface area contributed by atoms with Gasteiger partial charge in [0.1, 0.15) is 0 Å². The van der Waals surface area contributed by atoms with Crippen LogP contribution in [-0.4, -0.2) is 5.11 Å². The van der Waals surface area contributed by atoms with Gasteiger partial charge in [-0.05, 0) is 36.6 Å².